The summed E-state index contributed by atoms with van der Waals surface area (Å²) in [6.45, 7) is 15.9. The van der Waals surface area contributed by atoms with E-state index in [4.69, 9.17) is 14.2 Å². The summed E-state index contributed by atoms with van der Waals surface area (Å²) in [6.07, 6.45) is -1.43. The van der Waals surface area contributed by atoms with Crippen LogP contribution in [0.5, 0.6) is 0 Å². The molecule has 0 aliphatic carbocycles. The van der Waals surface area contributed by atoms with Gasteiger partial charge in [-0.3, -0.25) is 4.79 Å². The Hall–Kier alpha value is -2.32. The zero-order valence-corrected chi connectivity index (χ0v) is 18.3. The van der Waals surface area contributed by atoms with Crippen molar-refractivity contribution in [1.82, 2.24) is 4.90 Å². The number of ether oxygens (including phenoxy) is 4. The fourth-order valence-corrected chi connectivity index (χ4v) is 1.77. The monoisotopic (exact) mass is 403 g/mol. The van der Waals surface area contributed by atoms with Gasteiger partial charge in [0, 0.05) is 13.0 Å². The Morgan fingerprint density at radius 1 is 0.750 bits per heavy atom. The van der Waals surface area contributed by atoms with Gasteiger partial charge in [-0.2, -0.15) is 0 Å². The second-order valence-electron chi connectivity index (χ2n) is 9.16. The molecule has 0 aromatic heterocycles. The minimum Gasteiger partial charge on any atom is -0.443 e. The van der Waals surface area contributed by atoms with Gasteiger partial charge >= 0.3 is 18.4 Å². The van der Waals surface area contributed by atoms with Crippen molar-refractivity contribution in [3.05, 3.63) is 0 Å². The van der Waals surface area contributed by atoms with Gasteiger partial charge in [0.05, 0.1) is 0 Å². The number of imide groups is 1. The van der Waals surface area contributed by atoms with Gasteiger partial charge in [-0.25, -0.2) is 19.3 Å². The summed E-state index contributed by atoms with van der Waals surface area (Å²) in [5, 5.41) is 0. The highest BCUT2D eigenvalue weighted by molar-refractivity contribution is 5.93. The summed E-state index contributed by atoms with van der Waals surface area (Å²) >= 11 is 0. The fourth-order valence-electron chi connectivity index (χ4n) is 1.77. The van der Waals surface area contributed by atoms with Crippen molar-refractivity contribution in [2.75, 3.05) is 6.54 Å². The Kier molecular flexibility index (Phi) is 8.94. The lowest BCUT2D eigenvalue weighted by atomic mass is 10.2. The second-order valence-corrected chi connectivity index (χ2v) is 9.16. The van der Waals surface area contributed by atoms with E-state index >= 15 is 0 Å². The molecule has 0 radical (unpaired) electrons. The maximum atomic E-state index is 11.4. The number of likely N-dealkylation sites (tertiary alicyclic amines) is 1. The summed E-state index contributed by atoms with van der Waals surface area (Å²) in [5.41, 5.74) is -1.92. The van der Waals surface area contributed by atoms with Gasteiger partial charge in [0.2, 0.25) is 5.91 Å². The Balaban J connectivity index is 0.000000525. The van der Waals surface area contributed by atoms with Crippen LogP contribution < -0.4 is 0 Å². The Morgan fingerprint density at radius 3 is 1.43 bits per heavy atom. The van der Waals surface area contributed by atoms with Crippen LogP contribution in [0.2, 0.25) is 0 Å². The summed E-state index contributed by atoms with van der Waals surface area (Å²) in [7, 11) is 0. The molecule has 0 bridgehead atoms. The quantitative estimate of drug-likeness (QED) is 0.332. The average Bonchev–Trinajstić information content (AvgIpc) is 2.78. The molecule has 0 unspecified atom stereocenters. The van der Waals surface area contributed by atoms with Crippen molar-refractivity contribution in [2.24, 2.45) is 0 Å². The van der Waals surface area contributed by atoms with Crippen LogP contribution in [-0.2, 0) is 23.7 Å². The van der Waals surface area contributed by atoms with E-state index in [-0.39, 0.29) is 5.91 Å². The minimum atomic E-state index is -1.06. The minimum absolute atomic E-state index is 0.130. The molecule has 0 N–H and O–H groups in total. The van der Waals surface area contributed by atoms with Gasteiger partial charge in [0.25, 0.3) is 0 Å². The molecular weight excluding hydrogens is 370 g/mol. The third kappa shape index (κ3) is 12.9. The zero-order chi connectivity index (χ0) is 22.3. The van der Waals surface area contributed by atoms with E-state index in [0.717, 1.165) is 6.42 Å². The molecule has 162 valence electrons. The summed E-state index contributed by atoms with van der Waals surface area (Å²) < 4.78 is 18.9. The van der Waals surface area contributed by atoms with Crippen LogP contribution in [-0.4, -0.2) is 52.6 Å². The molecule has 1 heterocycles. The summed E-state index contributed by atoms with van der Waals surface area (Å²) in [5.74, 6) is -0.130. The standard InChI is InChI=1S/C10H18O5.C9H15NO3/c1-9(2,3)14-7(11)13-8(12)15-10(4,5)6;1-9(2,3)13-8(12)10-6-4-5-7(10)11/h1-6H3;4-6H2,1-3H3. The third-order valence-corrected chi connectivity index (χ3v) is 2.63. The van der Waals surface area contributed by atoms with Gasteiger partial charge in [-0.05, 0) is 68.7 Å². The van der Waals surface area contributed by atoms with E-state index < -0.39 is 35.2 Å². The largest absolute Gasteiger partial charge is 0.519 e. The van der Waals surface area contributed by atoms with Gasteiger partial charge in [0.15, 0.2) is 0 Å². The van der Waals surface area contributed by atoms with E-state index in [1.807, 2.05) is 0 Å². The van der Waals surface area contributed by atoms with E-state index in [1.54, 1.807) is 62.3 Å². The van der Waals surface area contributed by atoms with Gasteiger partial charge < -0.3 is 18.9 Å². The SMILES string of the molecule is CC(C)(C)OC(=O)N1CCCC1=O.CC(C)(C)OC(=O)OC(=O)OC(C)(C)C. The number of carbonyl (C=O) groups excluding carboxylic acids is 4. The zero-order valence-electron chi connectivity index (χ0n) is 18.3. The Labute approximate surface area is 166 Å². The number of rotatable bonds is 0. The Bertz CT molecular complexity index is 552. The molecule has 0 aromatic carbocycles. The topological polar surface area (TPSA) is 108 Å². The lowest BCUT2D eigenvalue weighted by Gasteiger charge is -2.23. The molecule has 0 atom stereocenters. The third-order valence-electron chi connectivity index (χ3n) is 2.63. The lowest BCUT2D eigenvalue weighted by Crippen LogP contribution is -2.37. The highest BCUT2D eigenvalue weighted by atomic mass is 16.8. The number of nitrogens with zero attached hydrogens (tertiary/aromatic N) is 1. The number of amides is 2. The van der Waals surface area contributed by atoms with E-state index in [1.165, 1.54) is 4.90 Å². The molecule has 28 heavy (non-hydrogen) atoms. The molecule has 1 fully saturated rings. The number of hydrogen-bond donors (Lipinski definition) is 0. The van der Waals surface area contributed by atoms with Crippen molar-refractivity contribution in [3.63, 3.8) is 0 Å². The van der Waals surface area contributed by atoms with Crippen molar-refractivity contribution in [3.8, 4) is 0 Å². The molecule has 0 spiro atoms. The van der Waals surface area contributed by atoms with E-state index in [9.17, 15) is 19.2 Å². The molecule has 1 aliphatic rings. The van der Waals surface area contributed by atoms with Crippen LogP contribution in [0, 0.1) is 0 Å². The molecule has 1 saturated heterocycles. The highest BCUT2D eigenvalue weighted by Gasteiger charge is 2.30. The first-order chi connectivity index (χ1) is 12.4. The fraction of sp³-hybridized carbons (Fsp3) is 0.789. The lowest BCUT2D eigenvalue weighted by molar-refractivity contribution is -0.127. The molecule has 2 amide bonds. The second kappa shape index (κ2) is 9.75. The van der Waals surface area contributed by atoms with Crippen LogP contribution in [0.1, 0.15) is 75.2 Å². The summed E-state index contributed by atoms with van der Waals surface area (Å²) in [4.78, 5) is 45.7. The molecule has 0 saturated carbocycles. The van der Waals surface area contributed by atoms with E-state index in [0.29, 0.717) is 13.0 Å². The molecule has 9 nitrogen and oxygen atoms in total. The first-order valence-corrected chi connectivity index (χ1v) is 9.07. The van der Waals surface area contributed by atoms with Gasteiger partial charge in [0.1, 0.15) is 16.8 Å². The van der Waals surface area contributed by atoms with E-state index in [2.05, 4.69) is 4.74 Å². The van der Waals surface area contributed by atoms with Crippen molar-refractivity contribution in [2.45, 2.75) is 92.0 Å². The van der Waals surface area contributed by atoms with Gasteiger partial charge in [-0.1, -0.05) is 0 Å². The van der Waals surface area contributed by atoms with Crippen molar-refractivity contribution in [1.29, 1.82) is 0 Å². The summed E-state index contributed by atoms with van der Waals surface area (Å²) in [6, 6.07) is 0. The van der Waals surface area contributed by atoms with Gasteiger partial charge in [-0.15, -0.1) is 0 Å². The molecule has 9 heteroatoms. The van der Waals surface area contributed by atoms with Crippen LogP contribution in [0.25, 0.3) is 0 Å². The maximum absolute atomic E-state index is 11.4. The highest BCUT2D eigenvalue weighted by Crippen LogP contribution is 2.15. The normalized spacial score (nSPS) is 14.6. The smallest absolute Gasteiger partial charge is 0.443 e. The van der Waals surface area contributed by atoms with Crippen LogP contribution in [0.3, 0.4) is 0 Å². The maximum Gasteiger partial charge on any atom is 0.519 e. The first-order valence-electron chi connectivity index (χ1n) is 9.07. The predicted molar refractivity (Wildman–Crippen MR) is 101 cm³/mol. The molecule has 1 aliphatic heterocycles. The van der Waals surface area contributed by atoms with Crippen molar-refractivity contribution < 1.29 is 38.1 Å². The number of hydrogen-bond acceptors (Lipinski definition) is 8. The first kappa shape index (κ1) is 25.7. The van der Waals surface area contributed by atoms with Crippen molar-refractivity contribution >= 4 is 24.3 Å². The average molecular weight is 403 g/mol. The van der Waals surface area contributed by atoms with Crippen LogP contribution in [0.15, 0.2) is 0 Å². The Morgan fingerprint density at radius 2 is 1.14 bits per heavy atom. The molecular formula is C19H33NO8. The molecule has 1 rings (SSSR count). The van der Waals surface area contributed by atoms with Crippen LogP contribution >= 0.6 is 0 Å². The number of carbonyl (C=O) groups is 4. The molecule has 0 aromatic rings. The van der Waals surface area contributed by atoms with Crippen LogP contribution in [0.4, 0.5) is 14.4 Å². The predicted octanol–water partition coefficient (Wildman–Crippen LogP) is 4.42.